The van der Waals surface area contributed by atoms with Gasteiger partial charge >= 0.3 is 5.97 Å². The van der Waals surface area contributed by atoms with Gasteiger partial charge in [-0.3, -0.25) is 4.98 Å². The first-order valence-electron chi connectivity index (χ1n) is 5.18. The molecule has 0 saturated carbocycles. The van der Waals surface area contributed by atoms with Crippen molar-refractivity contribution in [3.63, 3.8) is 0 Å². The Morgan fingerprint density at radius 2 is 2.50 bits per heavy atom. The minimum Gasteiger partial charge on any atom is -0.478 e. The molecule has 2 heterocycles. The summed E-state index contributed by atoms with van der Waals surface area (Å²) in [6.07, 6.45) is 4.00. The van der Waals surface area contributed by atoms with Gasteiger partial charge in [-0.2, -0.15) is 0 Å². The van der Waals surface area contributed by atoms with Crippen LogP contribution >= 0.6 is 0 Å². The van der Waals surface area contributed by atoms with Gasteiger partial charge < -0.3 is 14.7 Å². The van der Waals surface area contributed by atoms with Crippen LogP contribution in [0.4, 0.5) is 5.69 Å². The Bertz CT molecular complexity index is 389. The van der Waals surface area contributed by atoms with E-state index in [0.717, 1.165) is 13.0 Å². The SMILES string of the molecule is CN(c1cnccc1C(=O)O)C1CCOC1. The number of carboxylic acid groups (broad SMARTS) is 1. The summed E-state index contributed by atoms with van der Waals surface area (Å²) in [5.74, 6) is -0.928. The highest BCUT2D eigenvalue weighted by molar-refractivity contribution is 5.94. The van der Waals surface area contributed by atoms with E-state index in [2.05, 4.69) is 4.98 Å². The Morgan fingerprint density at radius 1 is 1.69 bits per heavy atom. The Morgan fingerprint density at radius 3 is 3.12 bits per heavy atom. The first-order valence-corrected chi connectivity index (χ1v) is 5.18. The van der Waals surface area contributed by atoms with Crippen LogP contribution in [0.1, 0.15) is 16.8 Å². The third-order valence-corrected chi connectivity index (χ3v) is 2.86. The number of likely N-dealkylation sites (N-methyl/N-ethyl adjacent to an activating group) is 1. The lowest BCUT2D eigenvalue weighted by atomic mass is 10.1. The van der Waals surface area contributed by atoms with E-state index in [1.807, 2.05) is 11.9 Å². The molecule has 0 radical (unpaired) electrons. The average molecular weight is 222 g/mol. The number of carbonyl (C=O) groups is 1. The van der Waals surface area contributed by atoms with Crippen LogP contribution in [0.2, 0.25) is 0 Å². The van der Waals surface area contributed by atoms with Crippen molar-refractivity contribution in [1.29, 1.82) is 0 Å². The minimum atomic E-state index is -0.928. The van der Waals surface area contributed by atoms with E-state index < -0.39 is 5.97 Å². The lowest BCUT2D eigenvalue weighted by Gasteiger charge is -2.26. The summed E-state index contributed by atoms with van der Waals surface area (Å²) in [4.78, 5) is 17.0. The van der Waals surface area contributed by atoms with E-state index in [1.165, 1.54) is 12.3 Å². The van der Waals surface area contributed by atoms with Gasteiger partial charge in [0.1, 0.15) is 0 Å². The number of nitrogens with zero attached hydrogens (tertiary/aromatic N) is 2. The molecule has 1 saturated heterocycles. The normalized spacial score (nSPS) is 19.7. The molecule has 1 fully saturated rings. The smallest absolute Gasteiger partial charge is 0.337 e. The summed E-state index contributed by atoms with van der Waals surface area (Å²) in [5.41, 5.74) is 0.926. The van der Waals surface area contributed by atoms with Gasteiger partial charge in [0.05, 0.1) is 30.1 Å². The van der Waals surface area contributed by atoms with E-state index in [0.29, 0.717) is 12.3 Å². The Balaban J connectivity index is 2.27. The van der Waals surface area contributed by atoms with Crippen molar-refractivity contribution < 1.29 is 14.6 Å². The van der Waals surface area contributed by atoms with Crippen molar-refractivity contribution in [3.05, 3.63) is 24.0 Å². The Kier molecular flexibility index (Phi) is 3.05. The Hall–Kier alpha value is -1.62. The molecule has 0 bridgehead atoms. The van der Waals surface area contributed by atoms with E-state index in [9.17, 15) is 4.79 Å². The molecule has 5 heteroatoms. The Labute approximate surface area is 93.7 Å². The van der Waals surface area contributed by atoms with Gasteiger partial charge in [0.15, 0.2) is 0 Å². The zero-order valence-electron chi connectivity index (χ0n) is 9.09. The molecule has 0 spiro atoms. The molecule has 1 aliphatic heterocycles. The van der Waals surface area contributed by atoms with E-state index in [-0.39, 0.29) is 11.6 Å². The molecule has 1 aromatic rings. The van der Waals surface area contributed by atoms with Crippen molar-refractivity contribution in [2.45, 2.75) is 12.5 Å². The van der Waals surface area contributed by atoms with Gasteiger partial charge in [0.2, 0.25) is 0 Å². The molecule has 16 heavy (non-hydrogen) atoms. The number of pyridine rings is 1. The predicted molar refractivity (Wildman–Crippen MR) is 58.8 cm³/mol. The van der Waals surface area contributed by atoms with Crippen molar-refractivity contribution in [2.24, 2.45) is 0 Å². The van der Waals surface area contributed by atoms with Crippen LogP contribution in [-0.2, 0) is 4.74 Å². The molecule has 2 rings (SSSR count). The van der Waals surface area contributed by atoms with Gasteiger partial charge in [-0.15, -0.1) is 0 Å². The summed E-state index contributed by atoms with van der Waals surface area (Å²) < 4.78 is 5.29. The fourth-order valence-corrected chi connectivity index (χ4v) is 1.87. The molecule has 1 atom stereocenters. The molecular formula is C11H14N2O3. The zero-order valence-corrected chi connectivity index (χ0v) is 9.09. The molecule has 0 aromatic carbocycles. The largest absolute Gasteiger partial charge is 0.478 e. The maximum absolute atomic E-state index is 11.1. The lowest BCUT2D eigenvalue weighted by Crippen LogP contribution is -2.33. The monoisotopic (exact) mass is 222 g/mol. The fraction of sp³-hybridized carbons (Fsp3) is 0.455. The third-order valence-electron chi connectivity index (χ3n) is 2.86. The van der Waals surface area contributed by atoms with Gasteiger partial charge in [-0.05, 0) is 12.5 Å². The van der Waals surface area contributed by atoms with Crippen LogP contribution in [0.15, 0.2) is 18.5 Å². The van der Waals surface area contributed by atoms with Gasteiger partial charge in [-0.1, -0.05) is 0 Å². The molecule has 5 nitrogen and oxygen atoms in total. The highest BCUT2D eigenvalue weighted by atomic mass is 16.5. The second-order valence-corrected chi connectivity index (χ2v) is 3.83. The molecule has 1 aliphatic rings. The van der Waals surface area contributed by atoms with Crippen molar-refractivity contribution in [3.8, 4) is 0 Å². The molecule has 86 valence electrons. The number of carboxylic acids is 1. The zero-order chi connectivity index (χ0) is 11.5. The molecular weight excluding hydrogens is 208 g/mol. The average Bonchev–Trinajstić information content (AvgIpc) is 2.81. The van der Waals surface area contributed by atoms with E-state index in [1.54, 1.807) is 6.20 Å². The number of rotatable bonds is 3. The van der Waals surface area contributed by atoms with Crippen molar-refractivity contribution in [2.75, 3.05) is 25.2 Å². The number of hydrogen-bond donors (Lipinski definition) is 1. The summed E-state index contributed by atoms with van der Waals surface area (Å²) >= 11 is 0. The highest BCUT2D eigenvalue weighted by Crippen LogP contribution is 2.23. The molecule has 1 aromatic heterocycles. The summed E-state index contributed by atoms with van der Waals surface area (Å²) in [6, 6.07) is 1.76. The topological polar surface area (TPSA) is 62.7 Å². The first kappa shape index (κ1) is 10.9. The summed E-state index contributed by atoms with van der Waals surface area (Å²) in [7, 11) is 1.88. The number of aromatic carboxylic acids is 1. The van der Waals surface area contributed by atoms with E-state index >= 15 is 0 Å². The lowest BCUT2D eigenvalue weighted by molar-refractivity contribution is 0.0697. The van der Waals surface area contributed by atoms with E-state index in [4.69, 9.17) is 9.84 Å². The van der Waals surface area contributed by atoms with Gasteiger partial charge in [-0.25, -0.2) is 4.79 Å². The van der Waals surface area contributed by atoms with Gasteiger partial charge in [0.25, 0.3) is 0 Å². The van der Waals surface area contributed by atoms with Crippen LogP contribution in [0.25, 0.3) is 0 Å². The summed E-state index contributed by atoms with van der Waals surface area (Å²) in [6.45, 7) is 1.38. The predicted octanol–water partition coefficient (Wildman–Crippen LogP) is 1.00. The molecule has 1 N–H and O–H groups in total. The molecule has 1 unspecified atom stereocenters. The van der Waals surface area contributed by atoms with Crippen LogP contribution in [0.3, 0.4) is 0 Å². The number of aromatic nitrogens is 1. The molecule has 0 aliphatic carbocycles. The maximum Gasteiger partial charge on any atom is 0.337 e. The minimum absolute atomic E-state index is 0.238. The van der Waals surface area contributed by atoms with Gasteiger partial charge in [0, 0.05) is 19.9 Å². The summed E-state index contributed by atoms with van der Waals surface area (Å²) in [5, 5.41) is 9.07. The molecule has 0 amide bonds. The van der Waals surface area contributed by atoms with Crippen LogP contribution < -0.4 is 4.90 Å². The second kappa shape index (κ2) is 4.49. The standard InChI is InChI=1S/C11H14N2O3/c1-13(8-3-5-16-7-8)10-6-12-4-2-9(10)11(14)15/h2,4,6,8H,3,5,7H2,1H3,(H,14,15). The second-order valence-electron chi connectivity index (χ2n) is 3.83. The third kappa shape index (κ3) is 1.99. The van der Waals surface area contributed by atoms with Crippen LogP contribution in [0.5, 0.6) is 0 Å². The van der Waals surface area contributed by atoms with Crippen LogP contribution in [0, 0.1) is 0 Å². The number of ether oxygens (including phenoxy) is 1. The number of hydrogen-bond acceptors (Lipinski definition) is 4. The fourth-order valence-electron chi connectivity index (χ4n) is 1.87. The number of anilines is 1. The van der Waals surface area contributed by atoms with Crippen molar-refractivity contribution >= 4 is 11.7 Å². The van der Waals surface area contributed by atoms with Crippen LogP contribution in [-0.4, -0.2) is 42.4 Å². The van der Waals surface area contributed by atoms with Crippen molar-refractivity contribution in [1.82, 2.24) is 4.98 Å². The maximum atomic E-state index is 11.1. The quantitative estimate of drug-likeness (QED) is 0.826. The highest BCUT2D eigenvalue weighted by Gasteiger charge is 2.23. The first-order chi connectivity index (χ1) is 7.70.